The van der Waals surface area contributed by atoms with Gasteiger partial charge in [0.05, 0.1) is 13.2 Å². The molecule has 0 aromatic rings. The molecule has 0 amide bonds. The summed E-state index contributed by atoms with van der Waals surface area (Å²) < 4.78 is 32.3. The molecule has 0 aromatic carbocycles. The third-order valence-electron chi connectivity index (χ3n) is 8.01. The zero-order valence-corrected chi connectivity index (χ0v) is 30.1. The zero-order chi connectivity index (χ0) is 33.3. The molecule has 0 fully saturated rings. The summed E-state index contributed by atoms with van der Waals surface area (Å²) >= 11 is 0. The number of hydrogen-bond acceptors (Lipinski definition) is 8. The molecular weight excluding hydrogens is 593 g/mol. The molecule has 45 heavy (non-hydrogen) atoms. The Labute approximate surface area is 276 Å². The average molecular weight is 664 g/mol. The molecule has 0 radical (unpaired) electrons. The first-order valence-electron chi connectivity index (χ1n) is 18.6. The molecule has 9 nitrogen and oxygen atoms in total. The van der Waals surface area contributed by atoms with Gasteiger partial charge in [-0.15, -0.1) is 0 Å². The minimum Gasteiger partial charge on any atom is -0.756 e. The van der Waals surface area contributed by atoms with E-state index in [1.807, 2.05) is 0 Å². The van der Waals surface area contributed by atoms with Crippen molar-refractivity contribution in [2.24, 2.45) is 0 Å². The van der Waals surface area contributed by atoms with Crippen molar-refractivity contribution in [1.29, 1.82) is 0 Å². The van der Waals surface area contributed by atoms with Crippen LogP contribution in [-0.4, -0.2) is 44.4 Å². The zero-order valence-electron chi connectivity index (χ0n) is 29.2. The normalized spacial score (nSPS) is 13.4. The van der Waals surface area contributed by atoms with Gasteiger partial charge in [-0.1, -0.05) is 155 Å². The molecule has 268 valence electrons. The molecule has 0 aliphatic heterocycles. The average Bonchev–Trinajstić information content (AvgIpc) is 3.02. The second-order valence-corrected chi connectivity index (χ2v) is 13.9. The molecule has 0 rings (SSSR count). The van der Waals surface area contributed by atoms with E-state index in [1.165, 1.54) is 116 Å². The van der Waals surface area contributed by atoms with Crippen molar-refractivity contribution in [3.05, 3.63) is 0 Å². The molecular formula is C35H70NO8P. The lowest BCUT2D eigenvalue weighted by Gasteiger charge is -2.25. The standard InChI is InChI=1S/C35H70NO8P/c1-3-5-7-9-11-13-15-17-19-21-23-25-27-34(37)41-31-33(32-43-45(39,40)42-30-29-36)44-35(38)28-26-24-22-20-18-16-14-12-10-8-6-4-2/h33H,3-32,36H2,1-2H3,(H,39,40)/t33-/m1/s1. The van der Waals surface area contributed by atoms with Crippen LogP contribution in [0.25, 0.3) is 0 Å². The van der Waals surface area contributed by atoms with E-state index < -0.39 is 26.5 Å². The van der Waals surface area contributed by atoms with Crippen LogP contribution in [0.15, 0.2) is 0 Å². The Morgan fingerprint density at radius 2 is 0.956 bits per heavy atom. The van der Waals surface area contributed by atoms with Gasteiger partial charge in [-0.2, -0.15) is 0 Å². The Morgan fingerprint density at radius 3 is 1.36 bits per heavy atom. The highest BCUT2D eigenvalue weighted by Gasteiger charge is 2.21. The van der Waals surface area contributed by atoms with Gasteiger partial charge in [0.25, 0.3) is 7.82 Å². The van der Waals surface area contributed by atoms with Crippen molar-refractivity contribution in [1.82, 2.24) is 0 Å². The molecule has 0 aliphatic carbocycles. The predicted octanol–water partition coefficient (Wildman–Crippen LogP) is 8.37. The molecule has 0 saturated heterocycles. The van der Waals surface area contributed by atoms with Crippen LogP contribution in [0.3, 0.4) is 0 Å². The molecule has 0 bridgehead atoms. The first-order chi connectivity index (χ1) is 21.8. The number of unbranched alkanes of at least 4 members (excludes halogenated alkanes) is 22. The summed E-state index contributed by atoms with van der Waals surface area (Å²) in [5, 5.41) is 0. The summed E-state index contributed by atoms with van der Waals surface area (Å²) in [5.74, 6) is -0.838. The Hall–Kier alpha value is -0.990. The summed E-state index contributed by atoms with van der Waals surface area (Å²) in [6.07, 6.45) is 28.3. The quantitative estimate of drug-likeness (QED) is 0.0405. The van der Waals surface area contributed by atoms with Crippen molar-refractivity contribution in [3.63, 3.8) is 0 Å². The van der Waals surface area contributed by atoms with Gasteiger partial charge in [0.2, 0.25) is 0 Å². The number of carbonyl (C=O) groups excluding carboxylic acids is 2. The SMILES string of the molecule is CCCCCCCCCCCCCCC(=O)OC[C@H](COP(=O)([O-])OCC[NH3+])OC(=O)CCCCCCCCCCCCCC. The van der Waals surface area contributed by atoms with E-state index in [4.69, 9.17) is 18.5 Å². The van der Waals surface area contributed by atoms with Gasteiger partial charge in [0, 0.05) is 12.8 Å². The molecule has 0 heterocycles. The highest BCUT2D eigenvalue weighted by atomic mass is 31.2. The lowest BCUT2D eigenvalue weighted by molar-refractivity contribution is -0.373. The topological polar surface area (TPSA) is 139 Å². The first-order valence-corrected chi connectivity index (χ1v) is 20.0. The third kappa shape index (κ3) is 32.7. The highest BCUT2D eigenvalue weighted by Crippen LogP contribution is 2.38. The third-order valence-corrected chi connectivity index (χ3v) is 8.97. The molecule has 10 heteroatoms. The molecule has 3 N–H and O–H groups in total. The molecule has 0 spiro atoms. The van der Waals surface area contributed by atoms with Gasteiger partial charge < -0.3 is 29.1 Å². The van der Waals surface area contributed by atoms with Crippen molar-refractivity contribution in [2.45, 2.75) is 187 Å². The van der Waals surface area contributed by atoms with E-state index in [2.05, 4.69) is 19.6 Å². The predicted molar refractivity (Wildman–Crippen MR) is 179 cm³/mol. The van der Waals surface area contributed by atoms with Crippen LogP contribution in [-0.2, 0) is 32.7 Å². The number of hydrogen-bond donors (Lipinski definition) is 1. The maximum atomic E-state index is 12.5. The monoisotopic (exact) mass is 663 g/mol. The van der Waals surface area contributed by atoms with Crippen molar-refractivity contribution >= 4 is 19.8 Å². The minimum atomic E-state index is -4.57. The summed E-state index contributed by atoms with van der Waals surface area (Å²) in [6.45, 7) is 3.93. The van der Waals surface area contributed by atoms with E-state index >= 15 is 0 Å². The second-order valence-electron chi connectivity index (χ2n) is 12.5. The van der Waals surface area contributed by atoms with Gasteiger partial charge in [0.1, 0.15) is 13.2 Å². The van der Waals surface area contributed by atoms with Crippen molar-refractivity contribution < 1.29 is 43.3 Å². The lowest BCUT2D eigenvalue weighted by atomic mass is 10.0. The van der Waals surface area contributed by atoms with Gasteiger partial charge in [-0.3, -0.25) is 14.2 Å². The molecule has 1 unspecified atom stereocenters. The fourth-order valence-electron chi connectivity index (χ4n) is 5.23. The second kappa shape index (κ2) is 32.9. The smallest absolute Gasteiger partial charge is 0.306 e. The first kappa shape index (κ1) is 44.0. The van der Waals surface area contributed by atoms with Gasteiger partial charge in [-0.25, -0.2) is 0 Å². The number of ether oxygens (including phenoxy) is 2. The summed E-state index contributed by atoms with van der Waals surface area (Å²) in [4.78, 5) is 36.7. The molecule has 0 saturated carbocycles. The van der Waals surface area contributed by atoms with Crippen molar-refractivity contribution in [3.8, 4) is 0 Å². The van der Waals surface area contributed by atoms with Crippen LogP contribution < -0.4 is 10.6 Å². The number of carbonyl (C=O) groups is 2. The largest absolute Gasteiger partial charge is 0.756 e. The Balaban J connectivity index is 4.21. The van der Waals surface area contributed by atoms with Crippen LogP contribution in [0.2, 0.25) is 0 Å². The number of phosphoric acid groups is 1. The Bertz CT molecular complexity index is 724. The van der Waals surface area contributed by atoms with Crippen LogP contribution in [0, 0.1) is 0 Å². The Morgan fingerprint density at radius 1 is 0.578 bits per heavy atom. The minimum absolute atomic E-state index is 0.0990. The number of esters is 2. The van der Waals surface area contributed by atoms with Crippen LogP contribution in [0.1, 0.15) is 181 Å². The van der Waals surface area contributed by atoms with E-state index in [-0.39, 0.29) is 38.6 Å². The molecule has 0 aliphatic rings. The molecule has 0 aromatic heterocycles. The van der Waals surface area contributed by atoms with Gasteiger partial charge in [0.15, 0.2) is 6.10 Å². The number of rotatable bonds is 35. The van der Waals surface area contributed by atoms with E-state index in [9.17, 15) is 19.0 Å². The maximum absolute atomic E-state index is 12.5. The van der Waals surface area contributed by atoms with Gasteiger partial charge in [-0.05, 0) is 12.8 Å². The van der Waals surface area contributed by atoms with Crippen LogP contribution >= 0.6 is 7.82 Å². The fraction of sp³-hybridized carbons (Fsp3) is 0.943. The maximum Gasteiger partial charge on any atom is 0.306 e. The molecule has 2 atom stereocenters. The summed E-state index contributed by atoms with van der Waals surface area (Å²) in [6, 6.07) is 0. The van der Waals surface area contributed by atoms with E-state index in [0.29, 0.717) is 6.42 Å². The lowest BCUT2D eigenvalue weighted by Crippen LogP contribution is -2.52. The Kier molecular flexibility index (Phi) is 32.2. The van der Waals surface area contributed by atoms with Crippen molar-refractivity contribution in [2.75, 3.05) is 26.4 Å². The van der Waals surface area contributed by atoms with Gasteiger partial charge >= 0.3 is 11.9 Å². The van der Waals surface area contributed by atoms with Crippen LogP contribution in [0.4, 0.5) is 0 Å². The summed E-state index contributed by atoms with van der Waals surface area (Å²) in [7, 11) is -4.57. The highest BCUT2D eigenvalue weighted by molar-refractivity contribution is 7.45. The van der Waals surface area contributed by atoms with E-state index in [1.54, 1.807) is 0 Å². The fourth-order valence-corrected chi connectivity index (χ4v) is 6.00. The number of phosphoric ester groups is 1. The van der Waals surface area contributed by atoms with E-state index in [0.717, 1.165) is 32.1 Å². The number of quaternary nitrogens is 1. The van der Waals surface area contributed by atoms with Crippen LogP contribution in [0.5, 0.6) is 0 Å². The summed E-state index contributed by atoms with van der Waals surface area (Å²) in [5.41, 5.74) is 3.54.